The minimum absolute atomic E-state index is 0. The lowest BCUT2D eigenvalue weighted by Crippen LogP contribution is -2.49. The molecule has 26 heavy (non-hydrogen) atoms. The van der Waals surface area contributed by atoms with Crippen molar-refractivity contribution in [3.05, 3.63) is 35.5 Å². The third-order valence-corrected chi connectivity index (χ3v) is 6.00. The first-order valence-corrected chi connectivity index (χ1v) is 9.70. The van der Waals surface area contributed by atoms with Gasteiger partial charge in [-0.05, 0) is 42.2 Å². The van der Waals surface area contributed by atoms with Gasteiger partial charge in [0, 0.05) is 30.2 Å². The van der Waals surface area contributed by atoms with Crippen LogP contribution in [0, 0.1) is 5.92 Å². The SMILES string of the molecule is CCc1cccc2c(C3CCN(C(=O)C(N)C(C)CC)CC3)c[nH]c12.Cl. The van der Waals surface area contributed by atoms with Crippen LogP contribution in [0.3, 0.4) is 0 Å². The van der Waals surface area contributed by atoms with E-state index in [2.05, 4.69) is 50.2 Å². The first-order valence-electron chi connectivity index (χ1n) is 9.70. The summed E-state index contributed by atoms with van der Waals surface area (Å²) >= 11 is 0. The van der Waals surface area contributed by atoms with Crippen LogP contribution in [0.25, 0.3) is 10.9 Å². The Labute approximate surface area is 162 Å². The number of piperidine rings is 1. The van der Waals surface area contributed by atoms with Gasteiger partial charge in [0.1, 0.15) is 0 Å². The Kier molecular flexibility index (Phi) is 7.13. The highest BCUT2D eigenvalue weighted by atomic mass is 35.5. The van der Waals surface area contributed by atoms with E-state index in [4.69, 9.17) is 5.73 Å². The monoisotopic (exact) mass is 377 g/mol. The van der Waals surface area contributed by atoms with Crippen LogP contribution in [-0.4, -0.2) is 34.9 Å². The van der Waals surface area contributed by atoms with E-state index in [0.717, 1.165) is 38.8 Å². The quantitative estimate of drug-likeness (QED) is 0.818. The largest absolute Gasteiger partial charge is 0.361 e. The van der Waals surface area contributed by atoms with Crippen molar-refractivity contribution in [1.82, 2.24) is 9.88 Å². The third kappa shape index (κ3) is 3.91. The second-order valence-electron chi connectivity index (χ2n) is 7.45. The van der Waals surface area contributed by atoms with Crippen molar-refractivity contribution >= 4 is 29.2 Å². The summed E-state index contributed by atoms with van der Waals surface area (Å²) in [5.74, 6) is 0.885. The van der Waals surface area contributed by atoms with Gasteiger partial charge < -0.3 is 15.6 Å². The number of carbonyl (C=O) groups excluding carboxylic acids is 1. The molecule has 1 aliphatic rings. The highest BCUT2D eigenvalue weighted by Crippen LogP contribution is 2.34. The zero-order valence-corrected chi connectivity index (χ0v) is 16.9. The predicted octanol–water partition coefficient (Wildman–Crippen LogP) is 4.23. The number of halogens is 1. The van der Waals surface area contributed by atoms with Gasteiger partial charge in [-0.1, -0.05) is 45.4 Å². The van der Waals surface area contributed by atoms with Crippen molar-refractivity contribution in [3.8, 4) is 0 Å². The van der Waals surface area contributed by atoms with Crippen molar-refractivity contribution in [3.63, 3.8) is 0 Å². The molecule has 2 aromatic rings. The molecule has 0 aliphatic carbocycles. The van der Waals surface area contributed by atoms with E-state index in [1.807, 2.05) is 4.90 Å². The summed E-state index contributed by atoms with van der Waals surface area (Å²) in [6.07, 6.45) is 6.19. The van der Waals surface area contributed by atoms with Gasteiger partial charge in [-0.3, -0.25) is 4.79 Å². The van der Waals surface area contributed by atoms with E-state index in [0.29, 0.717) is 5.92 Å². The number of rotatable bonds is 5. The minimum Gasteiger partial charge on any atom is -0.361 e. The summed E-state index contributed by atoms with van der Waals surface area (Å²) in [5.41, 5.74) is 10.2. The number of H-pyrrole nitrogens is 1. The summed E-state index contributed by atoms with van der Waals surface area (Å²) in [6.45, 7) is 7.97. The molecule has 1 aliphatic heterocycles. The molecule has 3 rings (SSSR count). The number of nitrogens with two attached hydrogens (primary N) is 1. The molecule has 1 fully saturated rings. The molecule has 0 spiro atoms. The summed E-state index contributed by atoms with van der Waals surface area (Å²) in [6, 6.07) is 6.21. The average Bonchev–Trinajstić information content (AvgIpc) is 3.10. The number of nitrogens with zero attached hydrogens (tertiary/aromatic N) is 1. The molecule has 1 aromatic heterocycles. The number of fused-ring (bicyclic) bond motifs is 1. The van der Waals surface area contributed by atoms with E-state index in [9.17, 15) is 4.79 Å². The molecule has 4 nitrogen and oxygen atoms in total. The standard InChI is InChI=1S/C21H31N3O.ClH/c1-4-14(3)19(22)21(25)24-11-9-16(10-12-24)18-13-23-20-15(5-2)7-6-8-17(18)20;/h6-8,13-14,16,19,23H,4-5,9-12,22H2,1-3H3;1H. The van der Waals surface area contributed by atoms with Crippen molar-refractivity contribution < 1.29 is 4.79 Å². The topological polar surface area (TPSA) is 62.1 Å². The van der Waals surface area contributed by atoms with E-state index in [-0.39, 0.29) is 30.3 Å². The van der Waals surface area contributed by atoms with Gasteiger partial charge in [-0.2, -0.15) is 0 Å². The van der Waals surface area contributed by atoms with E-state index in [1.165, 1.54) is 22.0 Å². The molecule has 1 saturated heterocycles. The lowest BCUT2D eigenvalue weighted by molar-refractivity contribution is -0.134. The van der Waals surface area contributed by atoms with Crippen LogP contribution in [0.1, 0.15) is 57.1 Å². The van der Waals surface area contributed by atoms with Crippen LogP contribution in [0.2, 0.25) is 0 Å². The summed E-state index contributed by atoms with van der Waals surface area (Å²) in [5, 5.41) is 1.35. The van der Waals surface area contributed by atoms with Crippen LogP contribution >= 0.6 is 12.4 Å². The number of benzene rings is 1. The van der Waals surface area contributed by atoms with Crippen LogP contribution in [0.5, 0.6) is 0 Å². The number of nitrogens with one attached hydrogen (secondary N) is 1. The maximum Gasteiger partial charge on any atom is 0.239 e. The number of likely N-dealkylation sites (tertiary alicyclic amines) is 1. The summed E-state index contributed by atoms with van der Waals surface area (Å²) in [4.78, 5) is 18.0. The normalized spacial score (nSPS) is 17.8. The summed E-state index contributed by atoms with van der Waals surface area (Å²) in [7, 11) is 0. The minimum atomic E-state index is -0.359. The second kappa shape index (κ2) is 8.92. The number of hydrogen-bond acceptors (Lipinski definition) is 2. The van der Waals surface area contributed by atoms with Gasteiger partial charge in [-0.15, -0.1) is 12.4 Å². The zero-order chi connectivity index (χ0) is 18.0. The molecular weight excluding hydrogens is 346 g/mol. The summed E-state index contributed by atoms with van der Waals surface area (Å²) < 4.78 is 0. The van der Waals surface area contributed by atoms with Gasteiger partial charge in [-0.25, -0.2) is 0 Å². The van der Waals surface area contributed by atoms with E-state index >= 15 is 0 Å². The van der Waals surface area contributed by atoms with Crippen LogP contribution in [0.15, 0.2) is 24.4 Å². The Bertz CT molecular complexity index is 734. The predicted molar refractivity (Wildman–Crippen MR) is 111 cm³/mol. The number of aromatic nitrogens is 1. The van der Waals surface area contributed by atoms with Crippen LogP contribution < -0.4 is 5.73 Å². The lowest BCUT2D eigenvalue weighted by atomic mass is 9.88. The molecule has 2 unspecified atom stereocenters. The number of aryl methyl sites for hydroxylation is 1. The molecule has 144 valence electrons. The molecule has 2 atom stereocenters. The fourth-order valence-electron chi connectivity index (χ4n) is 3.99. The number of hydrogen-bond donors (Lipinski definition) is 2. The van der Waals surface area contributed by atoms with Gasteiger partial charge in [0.15, 0.2) is 0 Å². The lowest BCUT2D eigenvalue weighted by Gasteiger charge is -2.34. The molecule has 0 radical (unpaired) electrons. The van der Waals surface area contributed by atoms with E-state index < -0.39 is 0 Å². The van der Waals surface area contributed by atoms with Crippen molar-refractivity contribution in [2.75, 3.05) is 13.1 Å². The van der Waals surface area contributed by atoms with Gasteiger partial charge in [0.05, 0.1) is 6.04 Å². The fraction of sp³-hybridized carbons (Fsp3) is 0.571. The Morgan fingerprint density at radius 1 is 1.31 bits per heavy atom. The Hall–Kier alpha value is -1.52. The Morgan fingerprint density at radius 2 is 2.00 bits per heavy atom. The number of carbonyl (C=O) groups is 1. The number of aromatic amines is 1. The smallest absolute Gasteiger partial charge is 0.239 e. The van der Waals surface area contributed by atoms with Crippen molar-refractivity contribution in [2.45, 2.75) is 58.4 Å². The highest BCUT2D eigenvalue weighted by Gasteiger charge is 2.29. The molecule has 5 heteroatoms. The average molecular weight is 378 g/mol. The molecular formula is C21H32ClN3O. The maximum atomic E-state index is 12.6. The number of para-hydroxylation sites is 1. The molecule has 1 aromatic carbocycles. The Morgan fingerprint density at radius 3 is 2.62 bits per heavy atom. The molecule has 2 heterocycles. The fourth-order valence-corrected chi connectivity index (χ4v) is 3.99. The van der Waals surface area contributed by atoms with E-state index in [1.54, 1.807) is 0 Å². The highest BCUT2D eigenvalue weighted by molar-refractivity contribution is 5.87. The third-order valence-electron chi connectivity index (χ3n) is 6.00. The zero-order valence-electron chi connectivity index (χ0n) is 16.1. The Balaban J connectivity index is 0.00000243. The second-order valence-corrected chi connectivity index (χ2v) is 7.45. The first-order chi connectivity index (χ1) is 12.1. The van der Waals surface area contributed by atoms with Gasteiger partial charge in [0.25, 0.3) is 0 Å². The van der Waals surface area contributed by atoms with Gasteiger partial charge >= 0.3 is 0 Å². The van der Waals surface area contributed by atoms with Crippen molar-refractivity contribution in [1.29, 1.82) is 0 Å². The van der Waals surface area contributed by atoms with Crippen LogP contribution in [0.4, 0.5) is 0 Å². The molecule has 1 amide bonds. The first kappa shape index (κ1) is 20.8. The van der Waals surface area contributed by atoms with Crippen molar-refractivity contribution in [2.24, 2.45) is 11.7 Å². The number of amides is 1. The maximum absolute atomic E-state index is 12.6. The van der Waals surface area contributed by atoms with Crippen LogP contribution in [-0.2, 0) is 11.2 Å². The molecule has 3 N–H and O–H groups in total. The molecule has 0 bridgehead atoms. The van der Waals surface area contributed by atoms with Gasteiger partial charge in [0.2, 0.25) is 5.91 Å². The molecule has 0 saturated carbocycles.